The molecule has 1 aromatic carbocycles. The molecule has 84 valence electrons. The Kier molecular flexibility index (Phi) is 5.45. The van der Waals surface area contributed by atoms with Crippen LogP contribution in [0.1, 0.15) is 25.8 Å². The van der Waals surface area contributed by atoms with E-state index < -0.39 is 0 Å². The third-order valence-corrected chi connectivity index (χ3v) is 4.14. The van der Waals surface area contributed by atoms with Crippen molar-refractivity contribution in [1.82, 2.24) is 0 Å². The fourth-order valence-corrected chi connectivity index (χ4v) is 2.48. The minimum absolute atomic E-state index is 0.525. The molecule has 0 aliphatic rings. The largest absolute Gasteiger partial charge is 0.0891 e. The molecule has 0 N–H and O–H groups in total. The van der Waals surface area contributed by atoms with Crippen LogP contribution in [0.25, 0.3) is 0 Å². The highest BCUT2D eigenvalue weighted by atomic mass is 79.9. The van der Waals surface area contributed by atoms with Crippen molar-refractivity contribution in [3.8, 4) is 0 Å². The van der Waals surface area contributed by atoms with Gasteiger partial charge in [0.1, 0.15) is 0 Å². The van der Waals surface area contributed by atoms with Gasteiger partial charge in [0.05, 0.1) is 10.0 Å². The fourth-order valence-electron chi connectivity index (χ4n) is 1.60. The third kappa shape index (κ3) is 3.97. The van der Waals surface area contributed by atoms with E-state index in [1.165, 1.54) is 5.56 Å². The van der Waals surface area contributed by atoms with Gasteiger partial charge in [0.25, 0.3) is 0 Å². The smallest absolute Gasteiger partial charge is 0.0595 e. The first-order valence-corrected chi connectivity index (χ1v) is 6.79. The predicted molar refractivity (Wildman–Crippen MR) is 72.3 cm³/mol. The minimum Gasteiger partial charge on any atom is -0.0891 e. The number of rotatable bonds is 4. The second-order valence-electron chi connectivity index (χ2n) is 3.80. The molecule has 0 heterocycles. The van der Waals surface area contributed by atoms with Crippen molar-refractivity contribution in [3.05, 3.63) is 33.8 Å². The second-order valence-corrected chi connectivity index (χ2v) is 6.06. The lowest BCUT2D eigenvalue weighted by molar-refractivity contribution is 0.508. The summed E-state index contributed by atoms with van der Waals surface area (Å²) in [7, 11) is 0. The van der Waals surface area contributed by atoms with Gasteiger partial charge in [-0.1, -0.05) is 65.5 Å². The van der Waals surface area contributed by atoms with E-state index in [0.29, 0.717) is 20.8 Å². The molecule has 0 spiro atoms. The summed E-state index contributed by atoms with van der Waals surface area (Å²) in [5.41, 5.74) is 1.25. The highest BCUT2D eigenvalue weighted by molar-refractivity contribution is 9.09. The summed E-state index contributed by atoms with van der Waals surface area (Å²) >= 11 is 15.5. The van der Waals surface area contributed by atoms with Crippen molar-refractivity contribution in [1.29, 1.82) is 0 Å². The molecule has 2 atom stereocenters. The lowest BCUT2D eigenvalue weighted by atomic mass is 9.94. The Morgan fingerprint density at radius 3 is 2.40 bits per heavy atom. The SMILES string of the molecule is CCC(Cc1ccc(Cl)c(Cl)c1)C(C)Br. The molecule has 0 aliphatic heterocycles. The van der Waals surface area contributed by atoms with Crippen LogP contribution in [-0.4, -0.2) is 4.83 Å². The van der Waals surface area contributed by atoms with E-state index in [1.807, 2.05) is 18.2 Å². The Morgan fingerprint density at radius 2 is 1.93 bits per heavy atom. The Hall–Kier alpha value is 0.280. The molecule has 0 radical (unpaired) electrons. The molecule has 1 rings (SSSR count). The van der Waals surface area contributed by atoms with Gasteiger partial charge in [-0.05, 0) is 30.0 Å². The monoisotopic (exact) mass is 308 g/mol. The van der Waals surface area contributed by atoms with Gasteiger partial charge in [0.2, 0.25) is 0 Å². The standard InChI is InChI=1S/C12H15BrCl2/c1-3-10(8(2)13)6-9-4-5-11(14)12(15)7-9/h4-5,7-8,10H,3,6H2,1-2H3. The summed E-state index contributed by atoms with van der Waals surface area (Å²) in [6, 6.07) is 5.87. The van der Waals surface area contributed by atoms with Crippen molar-refractivity contribution in [2.24, 2.45) is 5.92 Å². The lowest BCUT2D eigenvalue weighted by Crippen LogP contribution is -2.12. The van der Waals surface area contributed by atoms with Gasteiger partial charge in [-0.25, -0.2) is 0 Å². The molecule has 2 unspecified atom stereocenters. The zero-order valence-corrected chi connectivity index (χ0v) is 12.0. The van der Waals surface area contributed by atoms with E-state index in [2.05, 4.69) is 29.8 Å². The first kappa shape index (κ1) is 13.3. The maximum Gasteiger partial charge on any atom is 0.0595 e. The average Bonchev–Trinajstić information content (AvgIpc) is 2.19. The molecule has 0 saturated carbocycles. The molecule has 0 aliphatic carbocycles. The van der Waals surface area contributed by atoms with Crippen LogP contribution in [0.2, 0.25) is 10.0 Å². The summed E-state index contributed by atoms with van der Waals surface area (Å²) in [6.45, 7) is 4.39. The van der Waals surface area contributed by atoms with E-state index in [1.54, 1.807) is 0 Å². The molecular weight excluding hydrogens is 295 g/mol. The highest BCUT2D eigenvalue weighted by Crippen LogP contribution is 2.26. The van der Waals surface area contributed by atoms with Crippen LogP contribution in [0, 0.1) is 5.92 Å². The number of hydrogen-bond donors (Lipinski definition) is 0. The van der Waals surface area contributed by atoms with Crippen LogP contribution in [-0.2, 0) is 6.42 Å². The number of alkyl halides is 1. The van der Waals surface area contributed by atoms with Gasteiger partial charge in [-0.3, -0.25) is 0 Å². The predicted octanol–water partition coefficient (Wildman–Crippen LogP) is 5.35. The molecule has 0 fully saturated rings. The lowest BCUT2D eigenvalue weighted by Gasteiger charge is -2.17. The van der Waals surface area contributed by atoms with Gasteiger partial charge < -0.3 is 0 Å². The van der Waals surface area contributed by atoms with E-state index >= 15 is 0 Å². The van der Waals surface area contributed by atoms with E-state index in [9.17, 15) is 0 Å². The summed E-state index contributed by atoms with van der Waals surface area (Å²) in [5.74, 6) is 0.641. The van der Waals surface area contributed by atoms with Crippen molar-refractivity contribution >= 4 is 39.1 Å². The molecule has 0 aromatic heterocycles. The summed E-state index contributed by atoms with van der Waals surface area (Å²) in [5, 5.41) is 1.27. The topological polar surface area (TPSA) is 0 Å². The van der Waals surface area contributed by atoms with E-state index in [-0.39, 0.29) is 0 Å². The van der Waals surface area contributed by atoms with Crippen LogP contribution in [0.5, 0.6) is 0 Å². The summed E-state index contributed by atoms with van der Waals surface area (Å²) in [6.07, 6.45) is 2.20. The van der Waals surface area contributed by atoms with Crippen LogP contribution in [0.15, 0.2) is 18.2 Å². The average molecular weight is 310 g/mol. The normalized spacial score (nSPS) is 15.0. The Bertz CT molecular complexity index is 323. The first-order chi connectivity index (χ1) is 7.04. The van der Waals surface area contributed by atoms with Crippen molar-refractivity contribution in [3.63, 3.8) is 0 Å². The van der Waals surface area contributed by atoms with E-state index in [0.717, 1.165) is 12.8 Å². The van der Waals surface area contributed by atoms with Crippen molar-refractivity contribution in [2.75, 3.05) is 0 Å². The number of hydrogen-bond acceptors (Lipinski definition) is 0. The maximum atomic E-state index is 5.98. The summed E-state index contributed by atoms with van der Waals surface area (Å²) in [4.78, 5) is 0.525. The van der Waals surface area contributed by atoms with E-state index in [4.69, 9.17) is 23.2 Å². The quantitative estimate of drug-likeness (QED) is 0.658. The molecule has 1 aromatic rings. The van der Waals surface area contributed by atoms with Crippen LogP contribution >= 0.6 is 39.1 Å². The van der Waals surface area contributed by atoms with Gasteiger partial charge in [-0.15, -0.1) is 0 Å². The zero-order valence-electron chi connectivity index (χ0n) is 8.93. The number of halogens is 3. The van der Waals surface area contributed by atoms with Crippen molar-refractivity contribution < 1.29 is 0 Å². The van der Waals surface area contributed by atoms with Crippen LogP contribution in [0.4, 0.5) is 0 Å². The third-order valence-electron chi connectivity index (χ3n) is 2.66. The van der Waals surface area contributed by atoms with Gasteiger partial charge >= 0.3 is 0 Å². The molecular formula is C12H15BrCl2. The second kappa shape index (κ2) is 6.12. The maximum absolute atomic E-state index is 5.98. The molecule has 0 bridgehead atoms. The molecule has 15 heavy (non-hydrogen) atoms. The Morgan fingerprint density at radius 1 is 1.27 bits per heavy atom. The molecule has 3 heteroatoms. The number of benzene rings is 1. The highest BCUT2D eigenvalue weighted by Gasteiger charge is 2.13. The fraction of sp³-hybridized carbons (Fsp3) is 0.500. The van der Waals surface area contributed by atoms with Gasteiger partial charge in [0, 0.05) is 4.83 Å². The first-order valence-electron chi connectivity index (χ1n) is 5.12. The van der Waals surface area contributed by atoms with Gasteiger partial charge in [-0.2, -0.15) is 0 Å². The molecule has 0 nitrogen and oxygen atoms in total. The van der Waals surface area contributed by atoms with Crippen molar-refractivity contribution in [2.45, 2.75) is 31.5 Å². The summed E-state index contributed by atoms with van der Waals surface area (Å²) < 4.78 is 0. The van der Waals surface area contributed by atoms with Crippen LogP contribution < -0.4 is 0 Å². The minimum atomic E-state index is 0.525. The van der Waals surface area contributed by atoms with Crippen LogP contribution in [0.3, 0.4) is 0 Å². The Labute approximate surface area is 110 Å². The zero-order chi connectivity index (χ0) is 11.4. The molecule has 0 amide bonds. The van der Waals surface area contributed by atoms with Gasteiger partial charge in [0.15, 0.2) is 0 Å². The Balaban J connectivity index is 2.75. The molecule has 0 saturated heterocycles.